The average Bonchev–Trinajstić information content (AvgIpc) is 2.91. The van der Waals surface area contributed by atoms with Crippen LogP contribution in [0.1, 0.15) is 116 Å². The first-order chi connectivity index (χ1) is 21.0. The molecule has 0 aliphatic heterocycles. The van der Waals surface area contributed by atoms with E-state index in [1.165, 1.54) is 33.4 Å². The molecule has 0 heterocycles. The summed E-state index contributed by atoms with van der Waals surface area (Å²) in [6, 6.07) is 25.2. The summed E-state index contributed by atoms with van der Waals surface area (Å²) in [5.41, 5.74) is 11.3. The Kier molecular flexibility index (Phi) is 13.2. The van der Waals surface area contributed by atoms with Gasteiger partial charge in [0.1, 0.15) is 0 Å². The van der Waals surface area contributed by atoms with Crippen LogP contribution in [-0.4, -0.2) is 0 Å². The van der Waals surface area contributed by atoms with Crippen molar-refractivity contribution < 1.29 is 16.5 Å². The molecule has 0 spiro atoms. The monoisotopic (exact) mass is 708 g/mol. The van der Waals surface area contributed by atoms with Crippen LogP contribution in [0.4, 0.5) is 22.7 Å². The third-order valence-electron chi connectivity index (χ3n) is 8.20. The Hall–Kier alpha value is -2.59. The average molecular weight is 710 g/mol. The maximum Gasteiger partial charge on any atom is 0 e. The first-order valence-corrected chi connectivity index (χ1v) is 17.1. The van der Waals surface area contributed by atoms with Crippen LogP contribution in [0.25, 0.3) is 10.6 Å². The van der Waals surface area contributed by atoms with Crippen molar-refractivity contribution in [3.05, 3.63) is 117 Å². The van der Waals surface area contributed by atoms with Gasteiger partial charge in [-0.25, -0.2) is 0 Å². The molecule has 258 valence electrons. The summed E-state index contributed by atoms with van der Waals surface area (Å²) in [6.45, 7) is 30.8. The molecular weight excluding hydrogens is 655 g/mol. The Bertz CT molecular complexity index is 1540. The molecule has 0 radical (unpaired) electrons. The molecule has 4 rings (SSSR count). The van der Waals surface area contributed by atoms with Crippen LogP contribution >= 0.6 is 0 Å². The van der Waals surface area contributed by atoms with Gasteiger partial charge in [-0.2, -0.15) is 21.2 Å². The van der Waals surface area contributed by atoms with Gasteiger partial charge in [0.05, 0.1) is 0 Å². The fraction of sp³-hybridized carbons (Fsp3) is 0.429. The largest absolute Gasteiger partial charge is 0.781 e. The molecule has 0 aromatic heterocycles. The van der Waals surface area contributed by atoms with Gasteiger partial charge in [-0.05, 0) is 46.6 Å². The van der Waals surface area contributed by atoms with E-state index in [1.54, 1.807) is 0 Å². The zero-order valence-corrected chi connectivity index (χ0v) is 33.6. The van der Waals surface area contributed by atoms with Gasteiger partial charge in [0.25, 0.3) is 0 Å². The van der Waals surface area contributed by atoms with Gasteiger partial charge in [-0.3, -0.25) is 0 Å². The van der Waals surface area contributed by atoms with Crippen LogP contribution in [0.15, 0.2) is 82.6 Å². The number of hydrogen-bond donors (Lipinski definition) is 0. The second-order valence-corrected chi connectivity index (χ2v) is 17.4. The number of benzene rings is 4. The summed E-state index contributed by atoms with van der Waals surface area (Å²) in [4.78, 5) is 1.74. The zero-order chi connectivity index (χ0) is 34.8. The van der Waals surface area contributed by atoms with Gasteiger partial charge in [0, 0.05) is 16.5 Å². The second kappa shape index (κ2) is 15.3. The Labute approximate surface area is 308 Å². The standard InChI is InChI=1S/2C21H28NS.Ni/c2*1-14-10-8-9-11-17(14)22-18-13-15(20(2,3)4)12-16(19(18)23)21(5,6)7;/h2*8-13,23H,1-7H3;/q2*-1;/p-2. The zero-order valence-electron chi connectivity index (χ0n) is 31.0. The molecule has 0 saturated carbocycles. The van der Waals surface area contributed by atoms with E-state index in [0.717, 1.165) is 32.5 Å². The molecule has 0 amide bonds. The van der Waals surface area contributed by atoms with Gasteiger partial charge >= 0.3 is 0 Å². The van der Waals surface area contributed by atoms with E-state index in [9.17, 15) is 0 Å². The third-order valence-corrected chi connectivity index (χ3v) is 9.06. The van der Waals surface area contributed by atoms with Crippen LogP contribution in [0, 0.1) is 13.8 Å². The Morgan fingerprint density at radius 3 is 0.979 bits per heavy atom. The van der Waals surface area contributed by atoms with Gasteiger partial charge in [-0.15, -0.1) is 11.4 Å². The molecule has 4 aromatic carbocycles. The van der Waals surface area contributed by atoms with Crippen LogP contribution in [0.2, 0.25) is 0 Å². The molecule has 0 fully saturated rings. The summed E-state index contributed by atoms with van der Waals surface area (Å²) in [6.07, 6.45) is 0. The van der Waals surface area contributed by atoms with Crippen molar-refractivity contribution in [3.8, 4) is 0 Å². The van der Waals surface area contributed by atoms with E-state index in [-0.39, 0.29) is 38.2 Å². The quantitative estimate of drug-likeness (QED) is 0.156. The fourth-order valence-electron chi connectivity index (χ4n) is 5.01. The Balaban J connectivity index is 0.000000320. The first-order valence-electron chi connectivity index (χ1n) is 16.3. The van der Waals surface area contributed by atoms with Crippen LogP contribution < -0.4 is 0 Å². The maximum atomic E-state index is 5.77. The minimum absolute atomic E-state index is 0. The van der Waals surface area contributed by atoms with Gasteiger partial charge < -0.3 is 35.9 Å². The van der Waals surface area contributed by atoms with Crippen molar-refractivity contribution in [1.29, 1.82) is 0 Å². The molecule has 0 aliphatic rings. The summed E-state index contributed by atoms with van der Waals surface area (Å²) in [7, 11) is 0. The van der Waals surface area contributed by atoms with E-state index < -0.39 is 0 Å². The van der Waals surface area contributed by atoms with E-state index in [0.29, 0.717) is 0 Å². The molecule has 47 heavy (non-hydrogen) atoms. The maximum absolute atomic E-state index is 5.77. The SMILES string of the molecule is Cc1ccccc1[N-]c1cc(C(C)(C)C)cc(C(C)(C)C)c1[S-].Cc1ccccc1[N-]c1cc(C(C)(C)C)cc(C(C)(C)C)c1[S-].[Ni]. The van der Waals surface area contributed by atoms with Crippen molar-refractivity contribution in [2.75, 3.05) is 0 Å². The Morgan fingerprint density at radius 1 is 0.426 bits per heavy atom. The minimum Gasteiger partial charge on any atom is -0.781 e. The second-order valence-electron chi connectivity index (χ2n) is 16.5. The molecule has 0 N–H and O–H groups in total. The van der Waals surface area contributed by atoms with Crippen molar-refractivity contribution >= 4 is 48.0 Å². The predicted octanol–water partition coefficient (Wildman–Crippen LogP) is 13.7. The summed E-state index contributed by atoms with van der Waals surface area (Å²) >= 11 is 11.5. The molecule has 0 unspecified atom stereocenters. The summed E-state index contributed by atoms with van der Waals surface area (Å²) < 4.78 is 0. The third kappa shape index (κ3) is 10.7. The number of para-hydroxylation sites is 2. The number of rotatable bonds is 4. The summed E-state index contributed by atoms with van der Waals surface area (Å²) in [5.74, 6) is 0. The van der Waals surface area contributed by atoms with Crippen molar-refractivity contribution in [3.63, 3.8) is 0 Å². The van der Waals surface area contributed by atoms with Crippen LogP contribution in [-0.2, 0) is 63.4 Å². The molecule has 0 aliphatic carbocycles. The van der Waals surface area contributed by atoms with Gasteiger partial charge in [0.2, 0.25) is 0 Å². The molecule has 0 atom stereocenters. The molecule has 0 saturated heterocycles. The van der Waals surface area contributed by atoms with Crippen molar-refractivity contribution in [2.24, 2.45) is 0 Å². The van der Waals surface area contributed by atoms with Crippen LogP contribution in [0.5, 0.6) is 0 Å². The smallest absolute Gasteiger partial charge is 0 e. The van der Waals surface area contributed by atoms with Crippen LogP contribution in [0.3, 0.4) is 0 Å². The molecule has 2 nitrogen and oxygen atoms in total. The summed E-state index contributed by atoms with van der Waals surface area (Å²) in [5, 5.41) is 9.77. The van der Waals surface area contributed by atoms with E-state index >= 15 is 0 Å². The predicted molar refractivity (Wildman–Crippen MR) is 207 cm³/mol. The van der Waals surface area contributed by atoms with Gasteiger partial charge in [0.15, 0.2) is 0 Å². The molecule has 4 aromatic rings. The topological polar surface area (TPSA) is 28.2 Å². The molecular formula is C42H54N2NiS2-4. The van der Waals surface area contributed by atoms with E-state index in [4.69, 9.17) is 35.9 Å². The van der Waals surface area contributed by atoms with E-state index in [2.05, 4.69) is 133 Å². The fourth-order valence-corrected chi connectivity index (χ4v) is 5.95. The normalized spacial score (nSPS) is 12.0. The first kappa shape index (κ1) is 40.6. The van der Waals surface area contributed by atoms with Crippen molar-refractivity contribution in [1.82, 2.24) is 0 Å². The number of nitrogens with zero attached hydrogens (tertiary/aromatic N) is 2. The number of aryl methyl sites for hydroxylation is 2. The Morgan fingerprint density at radius 2 is 0.723 bits per heavy atom. The molecule has 0 bridgehead atoms. The minimum atomic E-state index is 0. The molecule has 5 heteroatoms. The van der Waals surface area contributed by atoms with Gasteiger partial charge in [-0.1, -0.05) is 178 Å². The van der Waals surface area contributed by atoms with Crippen molar-refractivity contribution in [2.45, 2.75) is 128 Å². The number of hydrogen-bond acceptors (Lipinski definition) is 2. The van der Waals surface area contributed by atoms with E-state index in [1.807, 2.05) is 36.4 Å².